The van der Waals surface area contributed by atoms with Gasteiger partial charge in [-0.1, -0.05) is 43.9 Å². The van der Waals surface area contributed by atoms with Gasteiger partial charge in [0.05, 0.1) is 0 Å². The largest absolute Gasteiger partial charge is 0.204 e. The minimum atomic E-state index is -0.740. The fourth-order valence-corrected chi connectivity index (χ4v) is 5.46. The van der Waals surface area contributed by atoms with Crippen molar-refractivity contribution in [2.75, 3.05) is 0 Å². The van der Waals surface area contributed by atoms with E-state index in [2.05, 4.69) is 19.1 Å². The molecule has 2 fully saturated rings. The summed E-state index contributed by atoms with van der Waals surface area (Å²) in [5.41, 5.74) is 0.937. The third-order valence-electron chi connectivity index (χ3n) is 7.25. The van der Waals surface area contributed by atoms with E-state index in [1.54, 1.807) is 6.07 Å². The van der Waals surface area contributed by atoms with E-state index in [9.17, 15) is 8.78 Å². The molecule has 1 aromatic carbocycles. The van der Waals surface area contributed by atoms with Crippen molar-refractivity contribution in [3.05, 3.63) is 47.5 Å². The first-order valence-corrected chi connectivity index (χ1v) is 11.2. The molecule has 3 rings (SSSR count). The number of halogens is 2. The fraction of sp³-hybridized carbons (Fsp3) is 0.680. The molecule has 0 atom stereocenters. The maximum absolute atomic E-state index is 13.3. The predicted octanol–water partition coefficient (Wildman–Crippen LogP) is 7.87. The number of hydrogen-bond acceptors (Lipinski definition) is 0. The van der Waals surface area contributed by atoms with Crippen LogP contribution in [0.1, 0.15) is 83.1 Å². The van der Waals surface area contributed by atoms with Gasteiger partial charge in [-0.25, -0.2) is 8.78 Å². The monoisotopic (exact) mass is 374 g/mol. The molecule has 0 unspecified atom stereocenters. The van der Waals surface area contributed by atoms with Gasteiger partial charge in [-0.3, -0.25) is 0 Å². The van der Waals surface area contributed by atoms with Gasteiger partial charge in [0, 0.05) is 0 Å². The Balaban J connectivity index is 1.35. The second-order valence-electron chi connectivity index (χ2n) is 9.00. The molecular weight excluding hydrogens is 338 g/mol. The van der Waals surface area contributed by atoms with E-state index in [1.165, 1.54) is 76.3 Å². The topological polar surface area (TPSA) is 0 Å². The minimum Gasteiger partial charge on any atom is -0.204 e. The summed E-state index contributed by atoms with van der Waals surface area (Å²) < 4.78 is 26.4. The van der Waals surface area contributed by atoms with Crippen molar-refractivity contribution < 1.29 is 8.78 Å². The molecule has 0 radical (unpaired) electrons. The van der Waals surface area contributed by atoms with Crippen molar-refractivity contribution >= 4 is 0 Å². The van der Waals surface area contributed by atoms with Gasteiger partial charge < -0.3 is 0 Å². The molecule has 0 spiro atoms. The summed E-state index contributed by atoms with van der Waals surface area (Å²) in [6.45, 7) is 2.12. The molecule has 2 saturated carbocycles. The molecule has 0 saturated heterocycles. The Bertz CT molecular complexity index is 590. The van der Waals surface area contributed by atoms with Crippen molar-refractivity contribution in [1.29, 1.82) is 0 Å². The molecule has 1 aromatic rings. The number of aryl methyl sites for hydroxylation is 1. The van der Waals surface area contributed by atoms with Crippen LogP contribution in [0, 0.1) is 35.3 Å². The molecule has 0 N–H and O–H groups in total. The second kappa shape index (κ2) is 10.4. The van der Waals surface area contributed by atoms with Gasteiger partial charge in [0.2, 0.25) is 0 Å². The summed E-state index contributed by atoms with van der Waals surface area (Å²) in [6.07, 6.45) is 20.3. The van der Waals surface area contributed by atoms with Crippen LogP contribution in [0.4, 0.5) is 8.78 Å². The lowest BCUT2D eigenvalue weighted by atomic mass is 9.68. The van der Waals surface area contributed by atoms with Gasteiger partial charge in [0.25, 0.3) is 0 Å². The summed E-state index contributed by atoms with van der Waals surface area (Å²) in [7, 11) is 0. The van der Waals surface area contributed by atoms with Crippen molar-refractivity contribution in [2.45, 2.75) is 84.0 Å². The highest BCUT2D eigenvalue weighted by Crippen LogP contribution is 2.43. The van der Waals surface area contributed by atoms with Crippen LogP contribution in [-0.2, 0) is 6.42 Å². The van der Waals surface area contributed by atoms with Gasteiger partial charge in [0.1, 0.15) is 0 Å². The molecule has 2 heteroatoms. The van der Waals surface area contributed by atoms with Gasteiger partial charge >= 0.3 is 0 Å². The Morgan fingerprint density at radius 1 is 0.815 bits per heavy atom. The lowest BCUT2D eigenvalue weighted by Gasteiger charge is -2.38. The number of benzene rings is 1. The average Bonchev–Trinajstić information content (AvgIpc) is 2.70. The zero-order valence-corrected chi connectivity index (χ0v) is 16.9. The number of hydrogen-bond donors (Lipinski definition) is 0. The third-order valence-corrected chi connectivity index (χ3v) is 7.25. The molecule has 0 heterocycles. The van der Waals surface area contributed by atoms with Crippen LogP contribution in [0.15, 0.2) is 30.4 Å². The summed E-state index contributed by atoms with van der Waals surface area (Å²) in [4.78, 5) is 0. The minimum absolute atomic E-state index is 0.711. The number of allylic oxidation sites excluding steroid dienone is 2. The van der Waals surface area contributed by atoms with Crippen LogP contribution in [0.5, 0.6) is 0 Å². The van der Waals surface area contributed by atoms with E-state index < -0.39 is 11.6 Å². The van der Waals surface area contributed by atoms with Gasteiger partial charge in [-0.05, 0) is 99.7 Å². The normalized spacial score (nSPS) is 29.3. The SMILES string of the molecule is CC=CCCC1CCC(C2CCC(CCc3ccc(F)c(F)c3)CC2)CC1. The standard InChI is InChI=1S/C25H36F2/c1-2-3-4-5-19-8-13-22(14-9-19)23-15-10-20(11-16-23)6-7-21-12-17-24(26)25(27)18-21/h2-3,12,17-20,22-23H,4-11,13-16H2,1H3. The summed E-state index contributed by atoms with van der Waals surface area (Å²) in [6, 6.07) is 4.37. The van der Waals surface area contributed by atoms with E-state index in [4.69, 9.17) is 0 Å². The average molecular weight is 375 g/mol. The highest BCUT2D eigenvalue weighted by Gasteiger charge is 2.30. The van der Waals surface area contributed by atoms with Crippen LogP contribution in [0.2, 0.25) is 0 Å². The molecule has 0 bridgehead atoms. The number of rotatable bonds is 7. The molecule has 2 aliphatic carbocycles. The van der Waals surface area contributed by atoms with Crippen molar-refractivity contribution in [3.63, 3.8) is 0 Å². The molecule has 0 nitrogen and oxygen atoms in total. The lowest BCUT2D eigenvalue weighted by Crippen LogP contribution is -2.26. The first kappa shape index (κ1) is 20.6. The first-order chi connectivity index (χ1) is 13.2. The van der Waals surface area contributed by atoms with Crippen LogP contribution in [0.3, 0.4) is 0 Å². The maximum Gasteiger partial charge on any atom is 0.159 e. The van der Waals surface area contributed by atoms with Crippen LogP contribution < -0.4 is 0 Å². The summed E-state index contributed by atoms with van der Waals surface area (Å²) in [5.74, 6) is 2.20. The second-order valence-corrected chi connectivity index (χ2v) is 9.00. The van der Waals surface area contributed by atoms with Gasteiger partial charge in [0.15, 0.2) is 11.6 Å². The summed E-state index contributed by atoms with van der Waals surface area (Å²) >= 11 is 0. The Labute approximate surface area is 164 Å². The molecule has 0 aliphatic heterocycles. The lowest BCUT2D eigenvalue weighted by molar-refractivity contribution is 0.141. The van der Waals surface area contributed by atoms with Crippen LogP contribution in [0.25, 0.3) is 0 Å². The smallest absolute Gasteiger partial charge is 0.159 e. The zero-order valence-electron chi connectivity index (χ0n) is 16.9. The van der Waals surface area contributed by atoms with Crippen LogP contribution >= 0.6 is 0 Å². The van der Waals surface area contributed by atoms with E-state index in [-0.39, 0.29) is 0 Å². The van der Waals surface area contributed by atoms with Gasteiger partial charge in [-0.15, -0.1) is 0 Å². The van der Waals surface area contributed by atoms with E-state index >= 15 is 0 Å². The zero-order chi connectivity index (χ0) is 19.1. The molecule has 2 aliphatic rings. The van der Waals surface area contributed by atoms with Crippen molar-refractivity contribution in [2.24, 2.45) is 23.7 Å². The Morgan fingerprint density at radius 2 is 1.41 bits per heavy atom. The molecular formula is C25H36F2. The van der Waals surface area contributed by atoms with E-state index in [0.29, 0.717) is 0 Å². The fourth-order valence-electron chi connectivity index (χ4n) is 5.46. The Morgan fingerprint density at radius 3 is 1.96 bits per heavy atom. The molecule has 27 heavy (non-hydrogen) atoms. The third kappa shape index (κ3) is 6.16. The van der Waals surface area contributed by atoms with Gasteiger partial charge in [-0.2, -0.15) is 0 Å². The highest BCUT2D eigenvalue weighted by atomic mass is 19.2. The molecule has 0 aromatic heterocycles. The quantitative estimate of drug-likeness (QED) is 0.426. The maximum atomic E-state index is 13.3. The molecule has 150 valence electrons. The summed E-state index contributed by atoms with van der Waals surface area (Å²) in [5, 5.41) is 0. The predicted molar refractivity (Wildman–Crippen MR) is 110 cm³/mol. The van der Waals surface area contributed by atoms with E-state index in [1.807, 2.05) is 0 Å². The van der Waals surface area contributed by atoms with E-state index in [0.717, 1.165) is 42.1 Å². The molecule has 0 amide bonds. The Kier molecular flexibility index (Phi) is 7.91. The van der Waals surface area contributed by atoms with Crippen LogP contribution in [-0.4, -0.2) is 0 Å². The highest BCUT2D eigenvalue weighted by molar-refractivity contribution is 5.17. The van der Waals surface area contributed by atoms with Crippen molar-refractivity contribution in [1.82, 2.24) is 0 Å². The first-order valence-electron chi connectivity index (χ1n) is 11.2. The van der Waals surface area contributed by atoms with Crippen molar-refractivity contribution in [3.8, 4) is 0 Å². The Hall–Kier alpha value is -1.18.